The maximum atomic E-state index is 8.77. The van der Waals surface area contributed by atoms with Gasteiger partial charge in [-0.05, 0) is 31.5 Å². The molecule has 0 aromatic heterocycles. The number of rotatable bonds is 5. The van der Waals surface area contributed by atoms with Crippen LogP contribution >= 0.6 is 0 Å². The van der Waals surface area contributed by atoms with E-state index in [0.29, 0.717) is 5.56 Å². The van der Waals surface area contributed by atoms with Crippen LogP contribution in [0.4, 0.5) is 0 Å². The summed E-state index contributed by atoms with van der Waals surface area (Å²) >= 11 is 0. The number of hydrogen-bond donors (Lipinski definition) is 1. The van der Waals surface area contributed by atoms with Gasteiger partial charge in [-0.1, -0.05) is 12.1 Å². The van der Waals surface area contributed by atoms with Crippen LogP contribution in [0.2, 0.25) is 0 Å². The van der Waals surface area contributed by atoms with Crippen molar-refractivity contribution in [2.75, 3.05) is 32.8 Å². The summed E-state index contributed by atoms with van der Waals surface area (Å²) in [6.07, 6.45) is 0. The van der Waals surface area contributed by atoms with Crippen molar-refractivity contribution in [1.82, 2.24) is 10.2 Å². The summed E-state index contributed by atoms with van der Waals surface area (Å²) < 4.78 is 5.40. The van der Waals surface area contributed by atoms with E-state index in [1.165, 1.54) is 5.56 Å². The predicted octanol–water partition coefficient (Wildman–Crippen LogP) is 1.76. The van der Waals surface area contributed by atoms with Crippen LogP contribution in [0.1, 0.15) is 25.0 Å². The Morgan fingerprint density at radius 3 is 2.50 bits per heavy atom. The molecular formula is C16H23N3O. The molecular weight excluding hydrogens is 250 g/mol. The Bertz CT molecular complexity index is 456. The smallest absolute Gasteiger partial charge is 0.0991 e. The van der Waals surface area contributed by atoms with E-state index in [2.05, 4.69) is 30.1 Å². The Morgan fingerprint density at radius 2 is 1.90 bits per heavy atom. The molecule has 0 unspecified atom stereocenters. The molecule has 4 heteroatoms. The molecule has 1 fully saturated rings. The molecule has 1 N–H and O–H groups in total. The molecule has 0 aliphatic carbocycles. The van der Waals surface area contributed by atoms with E-state index in [-0.39, 0.29) is 5.54 Å². The zero-order valence-corrected chi connectivity index (χ0v) is 12.4. The minimum absolute atomic E-state index is 0.135. The van der Waals surface area contributed by atoms with Crippen LogP contribution in [-0.4, -0.2) is 43.3 Å². The molecule has 1 heterocycles. The van der Waals surface area contributed by atoms with Crippen molar-refractivity contribution in [1.29, 1.82) is 5.26 Å². The second-order valence-electron chi connectivity index (χ2n) is 5.82. The van der Waals surface area contributed by atoms with Crippen molar-refractivity contribution in [3.05, 3.63) is 35.4 Å². The van der Waals surface area contributed by atoms with E-state index < -0.39 is 0 Å². The van der Waals surface area contributed by atoms with Crippen LogP contribution in [-0.2, 0) is 11.3 Å². The number of ether oxygens (including phenoxy) is 1. The van der Waals surface area contributed by atoms with Gasteiger partial charge in [0.1, 0.15) is 0 Å². The average molecular weight is 273 g/mol. The monoisotopic (exact) mass is 273 g/mol. The molecule has 4 nitrogen and oxygen atoms in total. The highest BCUT2D eigenvalue weighted by Gasteiger charge is 2.27. The molecule has 0 amide bonds. The van der Waals surface area contributed by atoms with Gasteiger partial charge >= 0.3 is 0 Å². The summed E-state index contributed by atoms with van der Waals surface area (Å²) in [5.41, 5.74) is 2.06. The number of nitrogens with one attached hydrogen (secondary N) is 1. The zero-order chi connectivity index (χ0) is 14.4. The molecule has 1 aromatic carbocycles. The van der Waals surface area contributed by atoms with Crippen molar-refractivity contribution in [2.45, 2.75) is 25.9 Å². The van der Waals surface area contributed by atoms with Gasteiger partial charge in [0.15, 0.2) is 0 Å². The summed E-state index contributed by atoms with van der Waals surface area (Å²) in [6, 6.07) is 9.88. The van der Waals surface area contributed by atoms with E-state index in [9.17, 15) is 0 Å². The third-order valence-corrected chi connectivity index (χ3v) is 3.84. The molecule has 2 rings (SSSR count). The molecule has 108 valence electrons. The summed E-state index contributed by atoms with van der Waals surface area (Å²) in [7, 11) is 0. The highest BCUT2D eigenvalue weighted by Crippen LogP contribution is 2.15. The fourth-order valence-electron chi connectivity index (χ4n) is 2.49. The number of morpholine rings is 1. The Labute approximate surface area is 121 Å². The topological polar surface area (TPSA) is 48.3 Å². The third-order valence-electron chi connectivity index (χ3n) is 3.84. The lowest BCUT2D eigenvalue weighted by molar-refractivity contribution is -0.00966. The van der Waals surface area contributed by atoms with Crippen LogP contribution in [0.3, 0.4) is 0 Å². The van der Waals surface area contributed by atoms with Gasteiger partial charge in [-0.2, -0.15) is 5.26 Å². The lowest BCUT2D eigenvalue weighted by Gasteiger charge is -2.41. The van der Waals surface area contributed by atoms with Gasteiger partial charge in [0.2, 0.25) is 0 Å². The van der Waals surface area contributed by atoms with E-state index in [4.69, 9.17) is 10.00 Å². The number of hydrogen-bond acceptors (Lipinski definition) is 4. The van der Waals surface area contributed by atoms with E-state index in [1.54, 1.807) is 0 Å². The Morgan fingerprint density at radius 1 is 1.25 bits per heavy atom. The Balaban J connectivity index is 1.80. The van der Waals surface area contributed by atoms with Crippen LogP contribution in [0, 0.1) is 11.3 Å². The number of benzene rings is 1. The summed E-state index contributed by atoms with van der Waals surface area (Å²) in [5.74, 6) is 0. The van der Waals surface area contributed by atoms with Crippen molar-refractivity contribution < 1.29 is 4.74 Å². The molecule has 20 heavy (non-hydrogen) atoms. The average Bonchev–Trinajstić information content (AvgIpc) is 2.49. The first-order chi connectivity index (χ1) is 9.62. The number of nitriles is 1. The quantitative estimate of drug-likeness (QED) is 0.888. The normalized spacial score (nSPS) is 16.9. The molecule has 1 saturated heterocycles. The van der Waals surface area contributed by atoms with Crippen LogP contribution in [0.25, 0.3) is 0 Å². The molecule has 0 bridgehead atoms. The first-order valence-corrected chi connectivity index (χ1v) is 7.14. The van der Waals surface area contributed by atoms with Gasteiger partial charge in [0.25, 0.3) is 0 Å². The predicted molar refractivity (Wildman–Crippen MR) is 79.3 cm³/mol. The highest BCUT2D eigenvalue weighted by atomic mass is 16.5. The highest BCUT2D eigenvalue weighted by molar-refractivity contribution is 5.31. The maximum absolute atomic E-state index is 8.77. The van der Waals surface area contributed by atoms with E-state index >= 15 is 0 Å². The van der Waals surface area contributed by atoms with Crippen LogP contribution in [0.15, 0.2) is 24.3 Å². The van der Waals surface area contributed by atoms with Gasteiger partial charge in [-0.25, -0.2) is 0 Å². The first-order valence-electron chi connectivity index (χ1n) is 7.14. The Hall–Kier alpha value is -1.41. The fraction of sp³-hybridized carbons (Fsp3) is 0.562. The lowest BCUT2D eigenvalue weighted by atomic mass is 10.0. The van der Waals surface area contributed by atoms with Crippen LogP contribution in [0.5, 0.6) is 0 Å². The second kappa shape index (κ2) is 6.85. The molecule has 1 aliphatic heterocycles. The lowest BCUT2D eigenvalue weighted by Crippen LogP contribution is -2.54. The zero-order valence-electron chi connectivity index (χ0n) is 12.4. The molecule has 1 aromatic rings. The minimum atomic E-state index is 0.135. The second-order valence-corrected chi connectivity index (χ2v) is 5.82. The van der Waals surface area contributed by atoms with Crippen molar-refractivity contribution >= 4 is 0 Å². The summed E-state index contributed by atoms with van der Waals surface area (Å²) in [4.78, 5) is 2.47. The molecule has 1 aliphatic rings. The van der Waals surface area contributed by atoms with Gasteiger partial charge in [-0.15, -0.1) is 0 Å². The Kier molecular flexibility index (Phi) is 5.13. The maximum Gasteiger partial charge on any atom is 0.0991 e. The third kappa shape index (κ3) is 4.04. The van der Waals surface area contributed by atoms with Crippen LogP contribution < -0.4 is 5.32 Å². The number of nitrogens with zero attached hydrogens (tertiary/aromatic N) is 2. The van der Waals surface area contributed by atoms with Gasteiger partial charge in [-0.3, -0.25) is 4.90 Å². The van der Waals surface area contributed by atoms with E-state index in [1.807, 2.05) is 24.3 Å². The SMILES string of the molecule is CC(C)(CNCc1ccc(C#N)cc1)N1CCOCC1. The van der Waals surface area contributed by atoms with Crippen molar-refractivity contribution in [3.8, 4) is 6.07 Å². The van der Waals surface area contributed by atoms with Crippen molar-refractivity contribution in [2.24, 2.45) is 0 Å². The summed E-state index contributed by atoms with van der Waals surface area (Å²) in [6.45, 7) is 9.98. The standard InChI is InChI=1S/C16H23N3O/c1-16(2,19-7-9-20-10-8-19)13-18-12-15-5-3-14(11-17)4-6-15/h3-6,18H,7-10,12-13H2,1-2H3. The molecule has 0 spiro atoms. The van der Waals surface area contributed by atoms with Gasteiger partial charge in [0.05, 0.1) is 24.8 Å². The van der Waals surface area contributed by atoms with Gasteiger partial charge in [0, 0.05) is 31.7 Å². The minimum Gasteiger partial charge on any atom is -0.379 e. The molecule has 0 radical (unpaired) electrons. The molecule has 0 atom stereocenters. The summed E-state index contributed by atoms with van der Waals surface area (Å²) in [5, 5.41) is 12.3. The van der Waals surface area contributed by atoms with E-state index in [0.717, 1.165) is 39.4 Å². The largest absolute Gasteiger partial charge is 0.379 e. The molecule has 0 saturated carbocycles. The first kappa shape index (κ1) is 15.0. The van der Waals surface area contributed by atoms with Gasteiger partial charge < -0.3 is 10.1 Å². The fourth-order valence-corrected chi connectivity index (χ4v) is 2.49. The van der Waals surface area contributed by atoms with Crippen molar-refractivity contribution in [3.63, 3.8) is 0 Å².